The second-order valence-electron chi connectivity index (χ2n) is 13.6. The number of nitro groups is 2. The van der Waals surface area contributed by atoms with Gasteiger partial charge in [-0.25, -0.2) is 9.97 Å². The first-order chi connectivity index (χ1) is 25.4. The van der Waals surface area contributed by atoms with Crippen LogP contribution in [0.5, 0.6) is 0 Å². The highest BCUT2D eigenvalue weighted by molar-refractivity contribution is 5.67. The lowest BCUT2D eigenvalue weighted by Crippen LogP contribution is -2.07. The van der Waals surface area contributed by atoms with Crippen molar-refractivity contribution in [3.63, 3.8) is 0 Å². The monoisotopic (exact) mass is 694 g/mol. The van der Waals surface area contributed by atoms with Crippen LogP contribution in [0.15, 0.2) is 104 Å². The van der Waals surface area contributed by atoms with Crippen LogP contribution in [-0.4, -0.2) is 36.0 Å². The molecular formula is C40H38N8O4. The van der Waals surface area contributed by atoms with Gasteiger partial charge < -0.3 is 19.8 Å². The number of benzene rings is 4. The van der Waals surface area contributed by atoms with E-state index < -0.39 is 0 Å². The Morgan fingerprint density at radius 3 is 1.92 bits per heavy atom. The summed E-state index contributed by atoms with van der Waals surface area (Å²) >= 11 is 0. The minimum Gasteiger partial charge on any atom is -0.383 e. The molecule has 2 N–H and O–H groups in total. The Morgan fingerprint density at radius 2 is 1.29 bits per heavy atom. The number of nitrogens with zero attached hydrogens (tertiary/aromatic N) is 6. The Labute approximate surface area is 300 Å². The molecule has 2 saturated carbocycles. The predicted octanol–water partition coefficient (Wildman–Crippen LogP) is 8.74. The zero-order valence-corrected chi connectivity index (χ0v) is 28.7. The number of hydrogen-bond acceptors (Lipinski definition) is 8. The average molecular weight is 695 g/mol. The molecule has 2 aliphatic rings. The summed E-state index contributed by atoms with van der Waals surface area (Å²) in [4.78, 5) is 32.3. The van der Waals surface area contributed by atoms with Crippen LogP contribution < -0.4 is 10.6 Å². The van der Waals surface area contributed by atoms with Gasteiger partial charge in [0.2, 0.25) is 0 Å². The lowest BCUT2D eigenvalue weighted by molar-refractivity contribution is -0.384. The molecular weight excluding hydrogens is 656 g/mol. The van der Waals surface area contributed by atoms with Gasteiger partial charge in [0.25, 0.3) is 11.4 Å². The minimum absolute atomic E-state index is 0.0315. The Kier molecular flexibility index (Phi) is 8.71. The molecule has 2 aliphatic carbocycles. The molecule has 2 fully saturated rings. The largest absolute Gasteiger partial charge is 0.383 e. The molecule has 0 saturated heterocycles. The highest BCUT2D eigenvalue weighted by Gasteiger charge is 2.32. The predicted molar refractivity (Wildman–Crippen MR) is 201 cm³/mol. The first-order valence-corrected chi connectivity index (χ1v) is 17.6. The van der Waals surface area contributed by atoms with E-state index >= 15 is 0 Å². The summed E-state index contributed by atoms with van der Waals surface area (Å²) in [5, 5.41) is 29.8. The van der Waals surface area contributed by atoms with Crippen LogP contribution in [0.2, 0.25) is 0 Å². The maximum Gasteiger partial charge on any atom is 0.292 e. The van der Waals surface area contributed by atoms with Gasteiger partial charge in [-0.3, -0.25) is 20.2 Å². The minimum atomic E-state index is -0.387. The molecule has 0 aliphatic heterocycles. The van der Waals surface area contributed by atoms with Gasteiger partial charge in [0.15, 0.2) is 0 Å². The van der Waals surface area contributed by atoms with Crippen LogP contribution in [0.3, 0.4) is 0 Å². The highest BCUT2D eigenvalue weighted by atomic mass is 16.6. The maximum absolute atomic E-state index is 12.0. The highest BCUT2D eigenvalue weighted by Crippen LogP contribution is 2.45. The van der Waals surface area contributed by atoms with Crippen LogP contribution in [0.1, 0.15) is 65.6 Å². The number of nitro benzene ring substituents is 2. The maximum atomic E-state index is 12.0. The normalized spacial score (nSPS) is 13.9. The first-order valence-electron chi connectivity index (χ1n) is 17.6. The second kappa shape index (κ2) is 13.8. The second-order valence-corrected chi connectivity index (χ2v) is 13.6. The standard InChI is InChI=1S/C40H38N8O4/c1-41-33-19-27(9-17-35(33)47(49)50)22-45-25-44-38(30-13-14-30)39(45)31-11-7-26(8-12-31)21-42-34-20-28(10-18-36(34)48(51)52)23-46-24-43-37(40(46)32-15-16-32)29-5-3-2-4-6-29/h2-12,17-20,24-25,30,32,41-42H,13-16,21-23H2,1H3. The first kappa shape index (κ1) is 32.9. The quantitative estimate of drug-likeness (QED) is 0.0850. The van der Waals surface area contributed by atoms with E-state index in [-0.39, 0.29) is 21.2 Å². The molecule has 2 heterocycles. The molecule has 12 nitrogen and oxygen atoms in total. The summed E-state index contributed by atoms with van der Waals surface area (Å²) in [6, 6.07) is 28.9. The molecule has 8 rings (SSSR count). The Balaban J connectivity index is 1.01. The summed E-state index contributed by atoms with van der Waals surface area (Å²) in [6.07, 6.45) is 8.21. The molecule has 0 amide bonds. The van der Waals surface area contributed by atoms with E-state index in [2.05, 4.69) is 44.0 Å². The van der Waals surface area contributed by atoms with Gasteiger partial charge >= 0.3 is 0 Å². The third kappa shape index (κ3) is 6.74. The number of rotatable bonds is 14. The van der Waals surface area contributed by atoms with E-state index in [0.29, 0.717) is 42.8 Å². The fourth-order valence-electron chi connectivity index (χ4n) is 7.00. The smallest absolute Gasteiger partial charge is 0.292 e. The van der Waals surface area contributed by atoms with Crippen molar-refractivity contribution >= 4 is 22.7 Å². The number of aromatic nitrogens is 4. The SMILES string of the molecule is CNc1cc(Cn2cnc(C3CC3)c2-c2ccc(CNc3cc(Cn4cnc(-c5ccccc5)c4C4CC4)ccc3[N+](=O)[O-])cc2)ccc1[N+](=O)[O-]. The molecule has 0 bridgehead atoms. The van der Waals surface area contributed by atoms with E-state index in [1.807, 2.05) is 61.2 Å². The number of nitrogens with one attached hydrogen (secondary N) is 2. The summed E-state index contributed by atoms with van der Waals surface area (Å²) in [7, 11) is 1.68. The van der Waals surface area contributed by atoms with Crippen LogP contribution in [-0.2, 0) is 19.6 Å². The van der Waals surface area contributed by atoms with Crippen molar-refractivity contribution in [2.75, 3.05) is 17.7 Å². The Bertz CT molecular complexity index is 2270. The third-order valence-corrected chi connectivity index (χ3v) is 9.92. The number of anilines is 2. The van der Waals surface area contributed by atoms with Crippen molar-refractivity contribution in [2.45, 2.75) is 57.2 Å². The third-order valence-electron chi connectivity index (χ3n) is 9.92. The summed E-state index contributed by atoms with van der Waals surface area (Å²) in [6.45, 7) is 1.49. The molecule has 2 aromatic heterocycles. The van der Waals surface area contributed by atoms with E-state index in [9.17, 15) is 20.2 Å². The molecule has 4 aromatic carbocycles. The van der Waals surface area contributed by atoms with Crippen LogP contribution >= 0.6 is 0 Å². The molecule has 12 heteroatoms. The van der Waals surface area contributed by atoms with Gasteiger partial charge in [-0.2, -0.15) is 0 Å². The van der Waals surface area contributed by atoms with Crippen LogP contribution in [0.4, 0.5) is 22.7 Å². The zero-order chi connectivity index (χ0) is 35.8. The summed E-state index contributed by atoms with van der Waals surface area (Å²) in [5.74, 6) is 0.895. The molecule has 0 unspecified atom stereocenters. The van der Waals surface area contributed by atoms with Crippen LogP contribution in [0, 0.1) is 20.2 Å². The summed E-state index contributed by atoms with van der Waals surface area (Å²) in [5.41, 5.74) is 10.3. The fraction of sp³-hybridized carbons (Fsp3) is 0.250. The van der Waals surface area contributed by atoms with Crippen molar-refractivity contribution in [2.24, 2.45) is 0 Å². The number of imidazole rings is 2. The van der Waals surface area contributed by atoms with Gasteiger partial charge in [-0.1, -0.05) is 66.7 Å². The van der Waals surface area contributed by atoms with Gasteiger partial charge in [0.1, 0.15) is 11.4 Å². The molecule has 0 spiro atoms. The molecule has 6 aromatic rings. The van der Waals surface area contributed by atoms with Crippen molar-refractivity contribution in [3.8, 4) is 22.5 Å². The van der Waals surface area contributed by atoms with Gasteiger partial charge in [-0.05, 0) is 54.5 Å². The fourth-order valence-corrected chi connectivity index (χ4v) is 7.00. The van der Waals surface area contributed by atoms with Crippen molar-refractivity contribution in [1.29, 1.82) is 0 Å². The van der Waals surface area contributed by atoms with Gasteiger partial charge in [-0.15, -0.1) is 0 Å². The van der Waals surface area contributed by atoms with Crippen molar-refractivity contribution in [3.05, 3.63) is 152 Å². The topological polar surface area (TPSA) is 146 Å². The molecule has 0 radical (unpaired) electrons. The van der Waals surface area contributed by atoms with Crippen molar-refractivity contribution in [1.82, 2.24) is 19.1 Å². The zero-order valence-electron chi connectivity index (χ0n) is 28.7. The molecule has 52 heavy (non-hydrogen) atoms. The molecule has 0 atom stereocenters. The Morgan fingerprint density at radius 1 is 0.692 bits per heavy atom. The van der Waals surface area contributed by atoms with Crippen molar-refractivity contribution < 1.29 is 9.85 Å². The molecule has 262 valence electrons. The lowest BCUT2D eigenvalue weighted by atomic mass is 10.0. The Hall–Kier alpha value is -6.30. The number of hydrogen-bond donors (Lipinski definition) is 2. The summed E-state index contributed by atoms with van der Waals surface area (Å²) < 4.78 is 4.29. The van der Waals surface area contributed by atoms with E-state index in [1.54, 1.807) is 19.2 Å². The van der Waals surface area contributed by atoms with E-state index in [1.165, 1.54) is 11.8 Å². The van der Waals surface area contributed by atoms with Gasteiger partial charge in [0.05, 0.1) is 39.6 Å². The average Bonchev–Trinajstić information content (AvgIpc) is 4.10. The van der Waals surface area contributed by atoms with E-state index in [0.717, 1.165) is 70.6 Å². The van der Waals surface area contributed by atoms with Crippen LogP contribution in [0.25, 0.3) is 22.5 Å². The van der Waals surface area contributed by atoms with E-state index in [4.69, 9.17) is 9.97 Å². The van der Waals surface area contributed by atoms with Gasteiger partial charge in [0, 0.05) is 67.5 Å². The lowest BCUT2D eigenvalue weighted by Gasteiger charge is -2.14.